The molecule has 1 aliphatic rings. The van der Waals surface area contributed by atoms with Crippen molar-refractivity contribution in [2.24, 2.45) is 0 Å². The molecule has 16 heavy (non-hydrogen) atoms. The minimum Gasteiger partial charge on any atom is -0.468 e. The molecule has 0 aromatic rings. The lowest BCUT2D eigenvalue weighted by molar-refractivity contribution is -0.140. The number of ether oxygens (including phenoxy) is 1. The number of hydrogen-bond donors (Lipinski definition) is 1. The molecule has 0 aromatic carbocycles. The predicted molar refractivity (Wildman–Crippen MR) is 65.6 cm³/mol. The van der Waals surface area contributed by atoms with Crippen molar-refractivity contribution in [3.8, 4) is 0 Å². The first-order chi connectivity index (χ1) is 7.69. The van der Waals surface area contributed by atoms with E-state index in [2.05, 4.69) is 25.6 Å². The Bertz CT molecular complexity index is 225. The third-order valence-corrected chi connectivity index (χ3v) is 3.72. The molecule has 2 unspecified atom stereocenters. The minimum atomic E-state index is -0.301. The van der Waals surface area contributed by atoms with Gasteiger partial charge in [-0.05, 0) is 19.4 Å². The quantitative estimate of drug-likeness (QED) is 0.624. The summed E-state index contributed by atoms with van der Waals surface area (Å²) in [7, 11) is 1.39. The van der Waals surface area contributed by atoms with Gasteiger partial charge in [0, 0.05) is 12.6 Å². The van der Waals surface area contributed by atoms with E-state index in [9.17, 15) is 9.90 Å². The molecule has 1 saturated heterocycles. The van der Waals surface area contributed by atoms with Gasteiger partial charge >= 0.3 is 5.97 Å². The summed E-state index contributed by atoms with van der Waals surface area (Å²) in [5, 5.41) is 9.32. The van der Waals surface area contributed by atoms with Crippen LogP contribution in [-0.2, 0) is 9.53 Å². The third kappa shape index (κ3) is 4.03. The van der Waals surface area contributed by atoms with Crippen LogP contribution < -0.4 is 0 Å². The average molecular weight is 294 g/mol. The topological polar surface area (TPSA) is 49.8 Å². The van der Waals surface area contributed by atoms with E-state index in [1.807, 2.05) is 0 Å². The van der Waals surface area contributed by atoms with Crippen LogP contribution in [0.4, 0.5) is 0 Å². The second kappa shape index (κ2) is 7.25. The van der Waals surface area contributed by atoms with Gasteiger partial charge in [-0.25, -0.2) is 0 Å². The maximum absolute atomic E-state index is 11.3. The Kier molecular flexibility index (Phi) is 6.31. The first-order valence-corrected chi connectivity index (χ1v) is 6.67. The first-order valence-electron chi connectivity index (χ1n) is 5.76. The number of rotatable bonds is 4. The molecule has 1 rings (SSSR count). The van der Waals surface area contributed by atoms with Crippen LogP contribution in [0.15, 0.2) is 0 Å². The van der Waals surface area contributed by atoms with E-state index in [-0.39, 0.29) is 23.4 Å². The molecular formula is C11H20BrNO3. The number of halogens is 1. The van der Waals surface area contributed by atoms with Crippen molar-refractivity contribution in [3.05, 3.63) is 0 Å². The summed E-state index contributed by atoms with van der Waals surface area (Å²) in [5.41, 5.74) is 0. The van der Waals surface area contributed by atoms with Gasteiger partial charge < -0.3 is 9.84 Å². The van der Waals surface area contributed by atoms with E-state index in [1.54, 1.807) is 0 Å². The van der Waals surface area contributed by atoms with Gasteiger partial charge in [0.05, 0.1) is 13.7 Å². The summed E-state index contributed by atoms with van der Waals surface area (Å²) in [4.78, 5) is 13.2. The molecule has 1 heterocycles. The van der Waals surface area contributed by atoms with Crippen molar-refractivity contribution in [2.75, 3.05) is 26.8 Å². The third-order valence-electron chi connectivity index (χ3n) is 3.06. The number of likely N-dealkylation sites (tertiary alicyclic amines) is 1. The number of aliphatic hydroxyl groups excluding tert-OH is 1. The van der Waals surface area contributed by atoms with Crippen LogP contribution in [0.25, 0.3) is 0 Å². The van der Waals surface area contributed by atoms with E-state index in [0.29, 0.717) is 6.54 Å². The molecule has 0 aromatic heterocycles. The zero-order valence-electron chi connectivity index (χ0n) is 9.69. The van der Waals surface area contributed by atoms with E-state index >= 15 is 0 Å². The van der Waals surface area contributed by atoms with Crippen LogP contribution in [0, 0.1) is 0 Å². The van der Waals surface area contributed by atoms with E-state index in [0.717, 1.165) is 25.8 Å². The van der Waals surface area contributed by atoms with Gasteiger partial charge in [-0.3, -0.25) is 9.69 Å². The highest BCUT2D eigenvalue weighted by Gasteiger charge is 2.25. The molecule has 0 radical (unpaired) electrons. The van der Waals surface area contributed by atoms with Gasteiger partial charge in [0.1, 0.15) is 4.83 Å². The first kappa shape index (κ1) is 13.9. The predicted octanol–water partition coefficient (Wildman–Crippen LogP) is 1.16. The van der Waals surface area contributed by atoms with Crippen LogP contribution in [0.3, 0.4) is 0 Å². The number of methoxy groups -OCH3 is 1. The molecule has 1 aliphatic heterocycles. The fourth-order valence-corrected chi connectivity index (χ4v) is 2.65. The number of hydrogen-bond acceptors (Lipinski definition) is 4. The molecule has 4 nitrogen and oxygen atoms in total. The number of esters is 1. The number of nitrogens with zero attached hydrogens (tertiary/aromatic N) is 1. The smallest absolute Gasteiger partial charge is 0.320 e. The lowest BCUT2D eigenvalue weighted by Crippen LogP contribution is -2.42. The summed E-state index contributed by atoms with van der Waals surface area (Å²) in [6, 6.07) is 0.187. The zero-order chi connectivity index (χ0) is 12.0. The average Bonchev–Trinajstić information content (AvgIpc) is 2.52. The van der Waals surface area contributed by atoms with Crippen molar-refractivity contribution >= 4 is 21.9 Å². The lowest BCUT2D eigenvalue weighted by atomic mass is 10.1. The Morgan fingerprint density at radius 2 is 2.31 bits per heavy atom. The Morgan fingerprint density at radius 3 is 2.94 bits per heavy atom. The van der Waals surface area contributed by atoms with Crippen LogP contribution in [0.5, 0.6) is 0 Å². The molecule has 2 atom stereocenters. The van der Waals surface area contributed by atoms with Gasteiger partial charge in [-0.2, -0.15) is 0 Å². The molecule has 0 bridgehead atoms. The summed E-state index contributed by atoms with van der Waals surface area (Å²) in [6.07, 6.45) is 4.51. The number of aliphatic hydroxyl groups is 1. The molecule has 1 fully saturated rings. The Labute approximate surface area is 105 Å². The van der Waals surface area contributed by atoms with Crippen molar-refractivity contribution in [3.63, 3.8) is 0 Å². The molecule has 5 heteroatoms. The van der Waals surface area contributed by atoms with Crippen LogP contribution >= 0.6 is 15.9 Å². The number of carbonyl (C=O) groups excluding carboxylic acids is 1. The second-order valence-corrected chi connectivity index (χ2v) is 5.28. The second-order valence-electron chi connectivity index (χ2n) is 4.17. The summed E-state index contributed by atoms with van der Waals surface area (Å²) in [6.45, 7) is 1.73. The van der Waals surface area contributed by atoms with Gasteiger partial charge in [0.15, 0.2) is 0 Å². The maximum atomic E-state index is 11.3. The van der Waals surface area contributed by atoms with E-state index in [1.165, 1.54) is 13.5 Å². The largest absolute Gasteiger partial charge is 0.468 e. The van der Waals surface area contributed by atoms with Crippen molar-refractivity contribution in [1.82, 2.24) is 4.90 Å². The SMILES string of the molecule is COC(=O)C(Br)CN1CCCCCC1CO. The molecule has 0 spiro atoms. The van der Waals surface area contributed by atoms with Gasteiger partial charge in [-0.15, -0.1) is 0 Å². The Morgan fingerprint density at radius 1 is 1.56 bits per heavy atom. The molecule has 0 saturated carbocycles. The van der Waals surface area contributed by atoms with Crippen molar-refractivity contribution in [1.29, 1.82) is 0 Å². The summed E-state index contributed by atoms with van der Waals surface area (Å²) in [5.74, 6) is -0.249. The minimum absolute atomic E-state index is 0.168. The highest BCUT2D eigenvalue weighted by molar-refractivity contribution is 9.10. The molecule has 0 aliphatic carbocycles. The number of alkyl halides is 1. The molecule has 94 valence electrons. The zero-order valence-corrected chi connectivity index (χ0v) is 11.3. The lowest BCUT2D eigenvalue weighted by Gasteiger charge is -2.29. The normalized spacial score (nSPS) is 24.8. The van der Waals surface area contributed by atoms with E-state index < -0.39 is 0 Å². The van der Waals surface area contributed by atoms with Crippen molar-refractivity contribution in [2.45, 2.75) is 36.6 Å². The van der Waals surface area contributed by atoms with Gasteiger partial charge in [-0.1, -0.05) is 28.8 Å². The van der Waals surface area contributed by atoms with Crippen LogP contribution in [-0.4, -0.2) is 53.7 Å². The van der Waals surface area contributed by atoms with Crippen molar-refractivity contribution < 1.29 is 14.6 Å². The monoisotopic (exact) mass is 293 g/mol. The van der Waals surface area contributed by atoms with Crippen LogP contribution in [0.2, 0.25) is 0 Å². The molecule has 1 N–H and O–H groups in total. The Hall–Kier alpha value is -0.130. The molecular weight excluding hydrogens is 274 g/mol. The highest BCUT2D eigenvalue weighted by atomic mass is 79.9. The fraction of sp³-hybridized carbons (Fsp3) is 0.909. The number of carbonyl (C=O) groups is 1. The van der Waals surface area contributed by atoms with Gasteiger partial charge in [0.25, 0.3) is 0 Å². The van der Waals surface area contributed by atoms with Gasteiger partial charge in [0.2, 0.25) is 0 Å². The summed E-state index contributed by atoms with van der Waals surface area (Å²) >= 11 is 3.32. The van der Waals surface area contributed by atoms with E-state index in [4.69, 9.17) is 0 Å². The summed E-state index contributed by atoms with van der Waals surface area (Å²) < 4.78 is 4.68. The fourth-order valence-electron chi connectivity index (χ4n) is 2.09. The molecule has 0 amide bonds. The standard InChI is InChI=1S/C11H20BrNO3/c1-16-11(15)10(12)7-13-6-4-2-3-5-9(13)8-14/h9-10,14H,2-8H2,1H3. The van der Waals surface area contributed by atoms with Crippen LogP contribution in [0.1, 0.15) is 25.7 Å². The maximum Gasteiger partial charge on any atom is 0.320 e. The highest BCUT2D eigenvalue weighted by Crippen LogP contribution is 2.18. The Balaban J connectivity index is 2.50.